The van der Waals surface area contributed by atoms with Gasteiger partial charge in [0.05, 0.1) is 5.69 Å². The highest BCUT2D eigenvalue weighted by Crippen LogP contribution is 2.36. The maximum absolute atomic E-state index is 13.0. The van der Waals surface area contributed by atoms with E-state index < -0.39 is 16.0 Å². The first-order valence-corrected chi connectivity index (χ1v) is 8.86. The molecule has 0 saturated heterocycles. The number of hydrogen-bond acceptors (Lipinski definition) is 3. The zero-order valence-electron chi connectivity index (χ0n) is 12.9. The molecule has 1 aromatic carbocycles. The van der Waals surface area contributed by atoms with Crippen molar-refractivity contribution in [1.29, 1.82) is 0 Å². The summed E-state index contributed by atoms with van der Waals surface area (Å²) in [5, 5.41) is 9.22. The number of fused-ring (bicyclic) bond motifs is 1. The van der Waals surface area contributed by atoms with Crippen LogP contribution in [0.4, 0.5) is 5.69 Å². The van der Waals surface area contributed by atoms with E-state index in [0.717, 1.165) is 5.56 Å². The smallest absolute Gasteiger partial charge is 0.352 e. The van der Waals surface area contributed by atoms with Gasteiger partial charge in [-0.2, -0.15) is 0 Å². The van der Waals surface area contributed by atoms with E-state index in [0.29, 0.717) is 18.7 Å². The van der Waals surface area contributed by atoms with E-state index >= 15 is 0 Å². The van der Waals surface area contributed by atoms with Crippen LogP contribution in [0.2, 0.25) is 0 Å². The number of nitrogens with zero attached hydrogens (tertiary/aromatic N) is 2. The number of benzene rings is 1. The van der Waals surface area contributed by atoms with Crippen LogP contribution in [0.15, 0.2) is 41.4 Å². The Bertz CT molecular complexity index is 870. The van der Waals surface area contributed by atoms with Crippen molar-refractivity contribution in [3.63, 3.8) is 0 Å². The van der Waals surface area contributed by atoms with Gasteiger partial charge in [0.2, 0.25) is 0 Å². The summed E-state index contributed by atoms with van der Waals surface area (Å²) in [5.74, 6) is -1.14. The highest BCUT2D eigenvalue weighted by molar-refractivity contribution is 7.92. The summed E-state index contributed by atoms with van der Waals surface area (Å²) < 4.78 is 28.9. The summed E-state index contributed by atoms with van der Waals surface area (Å²) >= 11 is 0. The number of anilines is 1. The van der Waals surface area contributed by atoms with Crippen molar-refractivity contribution in [2.45, 2.75) is 37.8 Å². The van der Waals surface area contributed by atoms with Crippen molar-refractivity contribution in [1.82, 2.24) is 4.57 Å². The van der Waals surface area contributed by atoms with Crippen molar-refractivity contribution in [3.8, 4) is 0 Å². The van der Waals surface area contributed by atoms with E-state index in [1.54, 1.807) is 19.1 Å². The zero-order valence-corrected chi connectivity index (χ0v) is 13.7. The topological polar surface area (TPSA) is 79.6 Å². The number of para-hydroxylation sites is 1. The summed E-state index contributed by atoms with van der Waals surface area (Å²) in [6.45, 7) is 4.02. The van der Waals surface area contributed by atoms with Gasteiger partial charge >= 0.3 is 5.97 Å². The average molecular weight is 334 g/mol. The monoisotopic (exact) mass is 334 g/mol. The summed E-state index contributed by atoms with van der Waals surface area (Å²) in [6.07, 6.45) is 2.04. The molecule has 1 aromatic heterocycles. The molecule has 2 heterocycles. The molecule has 0 aliphatic carbocycles. The van der Waals surface area contributed by atoms with E-state index in [1.165, 1.54) is 21.1 Å². The van der Waals surface area contributed by atoms with Gasteiger partial charge in [-0.25, -0.2) is 13.2 Å². The quantitative estimate of drug-likeness (QED) is 0.931. The summed E-state index contributed by atoms with van der Waals surface area (Å²) in [4.78, 5) is 11.3. The predicted octanol–water partition coefficient (Wildman–Crippen LogP) is 2.35. The van der Waals surface area contributed by atoms with Crippen LogP contribution in [0, 0.1) is 0 Å². The van der Waals surface area contributed by atoms with Crippen molar-refractivity contribution in [2.24, 2.45) is 0 Å². The number of aromatic carboxylic acids is 1. The van der Waals surface area contributed by atoms with Crippen molar-refractivity contribution < 1.29 is 18.3 Å². The second kappa shape index (κ2) is 5.42. The Kier molecular flexibility index (Phi) is 3.68. The van der Waals surface area contributed by atoms with Crippen molar-refractivity contribution in [3.05, 3.63) is 47.8 Å². The Morgan fingerprint density at radius 2 is 2.04 bits per heavy atom. The van der Waals surface area contributed by atoms with Crippen LogP contribution >= 0.6 is 0 Å². The van der Waals surface area contributed by atoms with E-state index in [2.05, 4.69) is 0 Å². The van der Waals surface area contributed by atoms with E-state index in [9.17, 15) is 18.3 Å². The van der Waals surface area contributed by atoms with Crippen LogP contribution in [0.25, 0.3) is 0 Å². The zero-order chi connectivity index (χ0) is 16.8. The number of carboxylic acid groups (broad SMARTS) is 1. The molecule has 122 valence electrons. The van der Waals surface area contributed by atoms with Crippen LogP contribution in [0.1, 0.15) is 29.9 Å². The van der Waals surface area contributed by atoms with Gasteiger partial charge in [-0.3, -0.25) is 4.31 Å². The van der Waals surface area contributed by atoms with Gasteiger partial charge in [0, 0.05) is 18.8 Å². The molecule has 0 bridgehead atoms. The number of hydrogen-bond donors (Lipinski definition) is 1. The molecule has 23 heavy (non-hydrogen) atoms. The lowest BCUT2D eigenvalue weighted by molar-refractivity contribution is 0.0685. The summed E-state index contributed by atoms with van der Waals surface area (Å²) in [7, 11) is -3.80. The fourth-order valence-electron chi connectivity index (χ4n) is 3.08. The predicted molar refractivity (Wildman–Crippen MR) is 86.3 cm³/mol. The highest BCUT2D eigenvalue weighted by Gasteiger charge is 2.37. The van der Waals surface area contributed by atoms with Gasteiger partial charge in [-0.15, -0.1) is 0 Å². The molecule has 0 spiro atoms. The third kappa shape index (κ3) is 2.41. The van der Waals surface area contributed by atoms with Gasteiger partial charge in [0.15, 0.2) is 0 Å². The van der Waals surface area contributed by atoms with Gasteiger partial charge in [0.25, 0.3) is 10.0 Å². The Morgan fingerprint density at radius 3 is 2.65 bits per heavy atom. The highest BCUT2D eigenvalue weighted by atomic mass is 32.2. The maximum atomic E-state index is 13.0. The number of carboxylic acids is 1. The molecule has 0 radical (unpaired) electrons. The molecule has 1 aliphatic heterocycles. The van der Waals surface area contributed by atoms with Crippen LogP contribution in [-0.4, -0.2) is 30.1 Å². The first-order chi connectivity index (χ1) is 10.9. The molecule has 1 atom stereocenters. The summed E-state index contributed by atoms with van der Waals surface area (Å²) in [6, 6.07) is 8.42. The molecule has 0 saturated carbocycles. The number of aryl methyl sites for hydroxylation is 1. The first kappa shape index (κ1) is 15.6. The average Bonchev–Trinajstić information content (AvgIpc) is 3.07. The van der Waals surface area contributed by atoms with Crippen LogP contribution in [0.5, 0.6) is 0 Å². The van der Waals surface area contributed by atoms with Crippen molar-refractivity contribution in [2.75, 3.05) is 4.31 Å². The molecule has 2 aromatic rings. The van der Waals surface area contributed by atoms with E-state index in [-0.39, 0.29) is 16.6 Å². The first-order valence-electron chi connectivity index (χ1n) is 7.42. The van der Waals surface area contributed by atoms with Crippen LogP contribution in [0.3, 0.4) is 0 Å². The van der Waals surface area contributed by atoms with Crippen LogP contribution < -0.4 is 4.31 Å². The third-order valence-electron chi connectivity index (χ3n) is 4.13. The van der Waals surface area contributed by atoms with Gasteiger partial charge in [0.1, 0.15) is 10.6 Å². The molecule has 3 rings (SSSR count). The van der Waals surface area contributed by atoms with Crippen LogP contribution in [-0.2, 0) is 23.0 Å². The molecule has 0 amide bonds. The molecule has 6 nitrogen and oxygen atoms in total. The lowest BCUT2D eigenvalue weighted by Crippen LogP contribution is -2.35. The Morgan fingerprint density at radius 1 is 1.35 bits per heavy atom. The van der Waals surface area contributed by atoms with Gasteiger partial charge in [-0.1, -0.05) is 18.2 Å². The second-order valence-corrected chi connectivity index (χ2v) is 7.45. The lowest BCUT2D eigenvalue weighted by atomic mass is 10.1. The third-order valence-corrected chi connectivity index (χ3v) is 6.03. The molecular weight excluding hydrogens is 316 g/mol. The van der Waals surface area contributed by atoms with E-state index in [4.69, 9.17) is 0 Å². The molecule has 1 unspecified atom stereocenters. The molecule has 0 fully saturated rings. The number of rotatable bonds is 4. The maximum Gasteiger partial charge on any atom is 0.352 e. The number of sulfonamides is 1. The molecular formula is C16H18N2O4S. The minimum atomic E-state index is -3.80. The second-order valence-electron chi connectivity index (χ2n) is 5.63. The standard InChI is InChI=1S/C16H18N2O4S/c1-3-17-10-13(9-15(17)16(19)20)23(21,22)18-11(2)8-12-6-4-5-7-14(12)18/h4-7,9-11H,3,8H2,1-2H3,(H,19,20). The Balaban J connectivity index is 2.11. The van der Waals surface area contributed by atoms with Crippen molar-refractivity contribution >= 4 is 21.7 Å². The number of carbonyl (C=O) groups is 1. The fourth-order valence-corrected chi connectivity index (χ4v) is 4.82. The Labute approximate surface area is 135 Å². The fraction of sp³-hybridized carbons (Fsp3) is 0.312. The lowest BCUT2D eigenvalue weighted by Gasteiger charge is -2.23. The summed E-state index contributed by atoms with van der Waals surface area (Å²) in [5.41, 5.74) is 1.63. The minimum absolute atomic E-state index is 0.0142. The van der Waals surface area contributed by atoms with Gasteiger partial charge in [-0.05, 0) is 38.0 Å². The SMILES string of the molecule is CCn1cc(S(=O)(=O)N2c3ccccc3CC2C)cc1C(=O)O. The number of aromatic nitrogens is 1. The molecule has 1 aliphatic rings. The molecule has 1 N–H and O–H groups in total. The minimum Gasteiger partial charge on any atom is -0.477 e. The normalized spacial score (nSPS) is 17.3. The largest absolute Gasteiger partial charge is 0.477 e. The van der Waals surface area contributed by atoms with Gasteiger partial charge < -0.3 is 9.67 Å². The van der Waals surface area contributed by atoms with E-state index in [1.807, 2.05) is 19.1 Å². The molecule has 7 heteroatoms. The Hall–Kier alpha value is -2.28.